The standard InChI is InChI=1S/C11H15NS2/c1-3-10(2)7-9-13-14-11-6-4-5-8-12-11/h4-6,8H,2-3,7,9H2,1H3. The summed E-state index contributed by atoms with van der Waals surface area (Å²) in [5.74, 6) is 1.12. The summed E-state index contributed by atoms with van der Waals surface area (Å²) in [6.07, 6.45) is 4.03. The van der Waals surface area contributed by atoms with Crippen LogP contribution in [0.1, 0.15) is 19.8 Å². The Morgan fingerprint density at radius 3 is 3.00 bits per heavy atom. The Balaban J connectivity index is 2.13. The van der Waals surface area contributed by atoms with Crippen LogP contribution < -0.4 is 0 Å². The van der Waals surface area contributed by atoms with Gasteiger partial charge >= 0.3 is 0 Å². The smallest absolute Gasteiger partial charge is 0.106 e. The SMILES string of the molecule is C=C(CC)CCSSc1ccccn1. The second kappa shape index (κ2) is 6.96. The molecule has 0 aliphatic heterocycles. The van der Waals surface area contributed by atoms with Gasteiger partial charge in [-0.25, -0.2) is 4.98 Å². The zero-order valence-electron chi connectivity index (χ0n) is 8.40. The van der Waals surface area contributed by atoms with Gasteiger partial charge in [0.05, 0.1) is 0 Å². The number of hydrogen-bond acceptors (Lipinski definition) is 3. The van der Waals surface area contributed by atoms with E-state index in [0.29, 0.717) is 0 Å². The Morgan fingerprint density at radius 2 is 2.36 bits per heavy atom. The third-order valence-corrected chi connectivity index (χ3v) is 4.09. The van der Waals surface area contributed by atoms with Gasteiger partial charge in [0, 0.05) is 11.9 Å². The van der Waals surface area contributed by atoms with Crippen LogP contribution >= 0.6 is 21.6 Å². The van der Waals surface area contributed by atoms with Gasteiger partial charge in [0.2, 0.25) is 0 Å². The predicted octanol–water partition coefficient (Wildman–Crippen LogP) is 4.18. The van der Waals surface area contributed by atoms with Crippen LogP contribution in [0.5, 0.6) is 0 Å². The molecule has 0 fully saturated rings. The molecule has 14 heavy (non-hydrogen) atoms. The van der Waals surface area contributed by atoms with Crippen LogP contribution in [-0.4, -0.2) is 10.7 Å². The lowest BCUT2D eigenvalue weighted by Gasteiger charge is -2.01. The zero-order valence-corrected chi connectivity index (χ0v) is 10.0. The van der Waals surface area contributed by atoms with E-state index in [2.05, 4.69) is 18.5 Å². The Morgan fingerprint density at radius 1 is 1.50 bits per heavy atom. The molecule has 1 aromatic heterocycles. The largest absolute Gasteiger partial charge is 0.249 e. The van der Waals surface area contributed by atoms with Crippen molar-refractivity contribution < 1.29 is 0 Å². The highest BCUT2D eigenvalue weighted by Crippen LogP contribution is 2.30. The zero-order chi connectivity index (χ0) is 10.2. The second-order valence-electron chi connectivity index (χ2n) is 2.93. The summed E-state index contributed by atoms with van der Waals surface area (Å²) in [5.41, 5.74) is 1.33. The van der Waals surface area contributed by atoms with Crippen LogP contribution in [0.4, 0.5) is 0 Å². The summed E-state index contributed by atoms with van der Waals surface area (Å²) in [6, 6.07) is 5.99. The Kier molecular flexibility index (Phi) is 5.80. The maximum atomic E-state index is 4.24. The monoisotopic (exact) mass is 225 g/mol. The van der Waals surface area contributed by atoms with Gasteiger partial charge in [-0.15, -0.1) is 0 Å². The first-order valence-electron chi connectivity index (χ1n) is 4.70. The van der Waals surface area contributed by atoms with E-state index in [4.69, 9.17) is 0 Å². The Hall–Kier alpha value is -0.410. The van der Waals surface area contributed by atoms with Crippen molar-refractivity contribution in [3.63, 3.8) is 0 Å². The van der Waals surface area contributed by atoms with Crippen LogP contribution in [0.2, 0.25) is 0 Å². The van der Waals surface area contributed by atoms with Crippen LogP contribution in [0.25, 0.3) is 0 Å². The molecule has 0 amide bonds. The summed E-state index contributed by atoms with van der Waals surface area (Å²) >= 11 is 0. The molecule has 0 aromatic carbocycles. The van der Waals surface area contributed by atoms with E-state index in [1.54, 1.807) is 10.8 Å². The van der Waals surface area contributed by atoms with Gasteiger partial charge < -0.3 is 0 Å². The molecule has 0 N–H and O–H groups in total. The third kappa shape index (κ3) is 4.72. The van der Waals surface area contributed by atoms with Crippen LogP contribution in [0, 0.1) is 0 Å². The van der Waals surface area contributed by atoms with Crippen LogP contribution in [0.15, 0.2) is 41.6 Å². The average molecular weight is 225 g/mol. The minimum absolute atomic E-state index is 1.08. The highest BCUT2D eigenvalue weighted by atomic mass is 33.1. The molecule has 3 heteroatoms. The number of nitrogens with zero attached hydrogens (tertiary/aromatic N) is 1. The Bertz CT molecular complexity index is 272. The fourth-order valence-corrected chi connectivity index (χ4v) is 2.83. The molecule has 76 valence electrons. The second-order valence-corrected chi connectivity index (χ2v) is 5.36. The minimum atomic E-state index is 1.08. The van der Waals surface area contributed by atoms with Crippen LogP contribution in [-0.2, 0) is 0 Å². The molecule has 0 radical (unpaired) electrons. The van der Waals surface area contributed by atoms with Crippen molar-refractivity contribution in [1.29, 1.82) is 0 Å². The molecule has 0 bridgehead atoms. The van der Waals surface area contributed by atoms with Gasteiger partial charge in [-0.05, 0) is 35.8 Å². The van der Waals surface area contributed by atoms with Gasteiger partial charge in [0.25, 0.3) is 0 Å². The number of rotatable bonds is 6. The van der Waals surface area contributed by atoms with E-state index in [9.17, 15) is 0 Å². The highest BCUT2D eigenvalue weighted by molar-refractivity contribution is 8.76. The van der Waals surface area contributed by atoms with Crippen molar-refractivity contribution in [2.75, 3.05) is 5.75 Å². The quantitative estimate of drug-likeness (QED) is 0.409. The first-order valence-corrected chi connectivity index (χ1v) is 7.02. The molecular weight excluding hydrogens is 210 g/mol. The normalized spacial score (nSPS) is 10.1. The predicted molar refractivity (Wildman–Crippen MR) is 66.6 cm³/mol. The molecule has 0 unspecified atom stereocenters. The summed E-state index contributed by atoms with van der Waals surface area (Å²) in [6.45, 7) is 6.13. The lowest BCUT2D eigenvalue weighted by molar-refractivity contribution is 0.997. The van der Waals surface area contributed by atoms with Gasteiger partial charge in [-0.2, -0.15) is 0 Å². The maximum absolute atomic E-state index is 4.24. The lowest BCUT2D eigenvalue weighted by Crippen LogP contribution is -1.81. The number of pyridine rings is 1. The third-order valence-electron chi connectivity index (χ3n) is 1.82. The van der Waals surface area contributed by atoms with E-state index in [1.807, 2.05) is 35.2 Å². The molecule has 0 saturated heterocycles. The summed E-state index contributed by atoms with van der Waals surface area (Å²) < 4.78 is 0. The van der Waals surface area contributed by atoms with Crippen molar-refractivity contribution in [1.82, 2.24) is 4.98 Å². The van der Waals surface area contributed by atoms with E-state index < -0.39 is 0 Å². The summed E-state index contributed by atoms with van der Waals surface area (Å²) in [5, 5.41) is 1.08. The first-order chi connectivity index (χ1) is 6.83. The van der Waals surface area contributed by atoms with E-state index >= 15 is 0 Å². The first kappa shape index (κ1) is 11.7. The maximum Gasteiger partial charge on any atom is 0.106 e. The molecule has 0 aliphatic carbocycles. The van der Waals surface area contributed by atoms with Crippen molar-refractivity contribution in [3.8, 4) is 0 Å². The highest BCUT2D eigenvalue weighted by Gasteiger charge is 1.95. The molecule has 1 nitrogen and oxygen atoms in total. The molecule has 1 heterocycles. The van der Waals surface area contributed by atoms with E-state index in [1.165, 1.54) is 5.57 Å². The molecule has 1 rings (SSSR count). The Labute approximate surface area is 93.8 Å². The van der Waals surface area contributed by atoms with E-state index in [0.717, 1.165) is 23.6 Å². The number of hydrogen-bond donors (Lipinski definition) is 0. The van der Waals surface area contributed by atoms with Crippen molar-refractivity contribution >= 4 is 21.6 Å². The number of allylic oxidation sites excluding steroid dienone is 1. The summed E-state index contributed by atoms with van der Waals surface area (Å²) in [4.78, 5) is 4.24. The molecule has 1 aromatic rings. The molecule has 0 saturated carbocycles. The van der Waals surface area contributed by atoms with Gasteiger partial charge in [0.1, 0.15) is 5.03 Å². The van der Waals surface area contributed by atoms with Crippen molar-refractivity contribution in [2.24, 2.45) is 0 Å². The molecule has 0 aliphatic rings. The van der Waals surface area contributed by atoms with Crippen LogP contribution in [0.3, 0.4) is 0 Å². The molecule has 0 spiro atoms. The molecular formula is C11H15NS2. The summed E-state index contributed by atoms with van der Waals surface area (Å²) in [7, 11) is 3.58. The molecule has 0 atom stereocenters. The fraction of sp³-hybridized carbons (Fsp3) is 0.364. The van der Waals surface area contributed by atoms with Crippen molar-refractivity contribution in [3.05, 3.63) is 36.5 Å². The van der Waals surface area contributed by atoms with Gasteiger partial charge in [-0.1, -0.05) is 35.9 Å². The van der Waals surface area contributed by atoms with Crippen molar-refractivity contribution in [2.45, 2.75) is 24.8 Å². The fourth-order valence-electron chi connectivity index (χ4n) is 0.861. The topological polar surface area (TPSA) is 12.9 Å². The number of aromatic nitrogens is 1. The van der Waals surface area contributed by atoms with Gasteiger partial charge in [-0.3, -0.25) is 0 Å². The minimum Gasteiger partial charge on any atom is -0.249 e. The van der Waals surface area contributed by atoms with E-state index in [-0.39, 0.29) is 0 Å². The van der Waals surface area contributed by atoms with Gasteiger partial charge in [0.15, 0.2) is 0 Å². The lowest BCUT2D eigenvalue weighted by atomic mass is 10.2. The average Bonchev–Trinajstić information content (AvgIpc) is 2.25.